The predicted octanol–water partition coefficient (Wildman–Crippen LogP) is 0.265. The molecule has 8 heteroatoms. The van der Waals surface area contributed by atoms with Crippen molar-refractivity contribution >= 4 is 40.5 Å². The molecule has 1 aromatic rings. The van der Waals surface area contributed by atoms with Crippen molar-refractivity contribution in [2.24, 2.45) is 0 Å². The van der Waals surface area contributed by atoms with Crippen molar-refractivity contribution < 1.29 is 39.6 Å². The zero-order valence-corrected chi connectivity index (χ0v) is 11.2. The molecule has 0 unspecified atom stereocenters. The Bertz CT molecular complexity index is 359. The summed E-state index contributed by atoms with van der Waals surface area (Å²) in [4.78, 5) is 9.54. The fraction of sp³-hybridized carbons (Fsp3) is 0. The second-order valence-electron chi connectivity index (χ2n) is 2.11. The summed E-state index contributed by atoms with van der Waals surface area (Å²) >= 11 is 16.4. The van der Waals surface area contributed by atoms with Crippen LogP contribution in [0.3, 0.4) is 0 Å². The van der Waals surface area contributed by atoms with Crippen LogP contribution in [0.1, 0.15) is 0 Å². The van der Waals surface area contributed by atoms with Gasteiger partial charge < -0.3 is 5.11 Å². The maximum absolute atomic E-state index is 10.4. The van der Waals surface area contributed by atoms with E-state index in [0.29, 0.717) is 0 Å². The maximum Gasteiger partial charge on any atom is 1.00 e. The molecule has 1 aromatic carbocycles. The zero-order valence-electron chi connectivity index (χ0n) is 6.92. The molecule has 0 aliphatic carbocycles. The summed E-state index contributed by atoms with van der Waals surface area (Å²) in [5.41, 5.74) is -0.681. The Balaban J connectivity index is 0.00000169. The average Bonchev–Trinajstić information content (AvgIpc) is 2.01. The Kier molecular flexibility index (Phi) is 5.51. The third-order valence-corrected chi connectivity index (χ3v) is 2.37. The van der Waals surface area contributed by atoms with Gasteiger partial charge in [-0.15, -0.1) is 0 Å². The van der Waals surface area contributed by atoms with E-state index in [9.17, 15) is 10.1 Å². The van der Waals surface area contributed by atoms with Gasteiger partial charge in [0, 0.05) is 0 Å². The predicted molar refractivity (Wildman–Crippen MR) is 49.8 cm³/mol. The SMILES string of the molecule is O=[N+]([O-])c1c(O)c(Cl)cc(Cl)c1Cl.[Na+]. The van der Waals surface area contributed by atoms with E-state index >= 15 is 0 Å². The molecule has 0 bridgehead atoms. The van der Waals surface area contributed by atoms with Crippen molar-refractivity contribution in [2.75, 3.05) is 0 Å². The monoisotopic (exact) mass is 264 g/mol. The molecule has 70 valence electrons. The Morgan fingerprint density at radius 1 is 1.29 bits per heavy atom. The summed E-state index contributed by atoms with van der Waals surface area (Å²) in [5.74, 6) is -0.680. The molecule has 14 heavy (non-hydrogen) atoms. The van der Waals surface area contributed by atoms with Gasteiger partial charge in [0.1, 0.15) is 5.02 Å². The minimum Gasteiger partial charge on any atom is -0.501 e. The molecular weight excluding hydrogens is 263 g/mol. The van der Waals surface area contributed by atoms with Gasteiger partial charge in [-0.1, -0.05) is 34.8 Å². The van der Waals surface area contributed by atoms with Gasteiger partial charge >= 0.3 is 35.2 Å². The third-order valence-electron chi connectivity index (χ3n) is 1.30. The zero-order chi connectivity index (χ0) is 10.2. The number of nitro groups is 1. The topological polar surface area (TPSA) is 63.4 Å². The number of nitro benzene ring substituents is 1. The molecule has 0 saturated carbocycles. The summed E-state index contributed by atoms with van der Waals surface area (Å²) in [6.45, 7) is 0. The maximum atomic E-state index is 10.4. The summed E-state index contributed by atoms with van der Waals surface area (Å²) in [6.07, 6.45) is 0. The molecule has 0 saturated heterocycles. The van der Waals surface area contributed by atoms with E-state index in [1.807, 2.05) is 0 Å². The van der Waals surface area contributed by atoms with Crippen LogP contribution < -0.4 is 29.6 Å². The molecule has 0 fully saturated rings. The molecular formula is C6H2Cl3NNaO3+. The van der Waals surface area contributed by atoms with Crippen LogP contribution in [-0.4, -0.2) is 10.0 Å². The van der Waals surface area contributed by atoms with E-state index in [2.05, 4.69) is 0 Å². The number of halogens is 3. The van der Waals surface area contributed by atoms with E-state index in [1.54, 1.807) is 0 Å². The first-order chi connectivity index (χ1) is 5.95. The van der Waals surface area contributed by atoms with Crippen LogP contribution in [0, 0.1) is 10.1 Å². The Morgan fingerprint density at radius 2 is 1.79 bits per heavy atom. The Morgan fingerprint density at radius 3 is 2.21 bits per heavy atom. The first kappa shape index (κ1) is 14.3. The largest absolute Gasteiger partial charge is 1.00 e. The summed E-state index contributed by atoms with van der Waals surface area (Å²) in [6, 6.07) is 1.13. The molecule has 0 aliphatic rings. The van der Waals surface area contributed by atoms with E-state index in [4.69, 9.17) is 39.9 Å². The van der Waals surface area contributed by atoms with E-state index < -0.39 is 16.4 Å². The van der Waals surface area contributed by atoms with Crippen molar-refractivity contribution in [3.05, 3.63) is 31.2 Å². The molecule has 0 heterocycles. The number of phenolic OH excluding ortho intramolecular Hbond substituents is 1. The number of hydrogen-bond acceptors (Lipinski definition) is 3. The van der Waals surface area contributed by atoms with E-state index in [-0.39, 0.29) is 44.6 Å². The minimum absolute atomic E-state index is 0. The molecule has 0 amide bonds. The molecule has 0 aromatic heterocycles. The molecule has 4 nitrogen and oxygen atoms in total. The molecule has 0 aliphatic heterocycles. The van der Waals surface area contributed by atoms with Crippen LogP contribution in [0.25, 0.3) is 0 Å². The van der Waals surface area contributed by atoms with Gasteiger partial charge in [0.05, 0.1) is 15.0 Å². The summed E-state index contributed by atoms with van der Waals surface area (Å²) in [5, 5.41) is 18.9. The molecule has 0 spiro atoms. The Hall–Kier alpha value is 0.290. The second kappa shape index (κ2) is 5.39. The van der Waals surface area contributed by atoms with Crippen molar-refractivity contribution in [2.45, 2.75) is 0 Å². The smallest absolute Gasteiger partial charge is 0.501 e. The number of nitrogens with zero attached hydrogens (tertiary/aromatic N) is 1. The van der Waals surface area contributed by atoms with Gasteiger partial charge in [0.2, 0.25) is 5.75 Å². The van der Waals surface area contributed by atoms with Gasteiger partial charge in [-0.25, -0.2) is 0 Å². The second-order valence-corrected chi connectivity index (χ2v) is 3.30. The number of phenols is 1. The summed E-state index contributed by atoms with van der Waals surface area (Å²) in [7, 11) is 0. The molecule has 1 rings (SSSR count). The van der Waals surface area contributed by atoms with E-state index in [1.165, 1.54) is 0 Å². The Labute approximate surface area is 116 Å². The normalized spacial score (nSPS) is 9.36. The van der Waals surface area contributed by atoms with E-state index in [0.717, 1.165) is 6.07 Å². The quantitative estimate of drug-likeness (QED) is 0.343. The van der Waals surface area contributed by atoms with Gasteiger partial charge in [0.15, 0.2) is 0 Å². The van der Waals surface area contributed by atoms with Gasteiger partial charge in [-0.05, 0) is 6.07 Å². The van der Waals surface area contributed by atoms with Crippen molar-refractivity contribution in [1.82, 2.24) is 0 Å². The van der Waals surface area contributed by atoms with Crippen LogP contribution >= 0.6 is 34.8 Å². The third kappa shape index (κ3) is 2.66. The molecule has 0 radical (unpaired) electrons. The fourth-order valence-corrected chi connectivity index (χ4v) is 1.41. The minimum atomic E-state index is -0.852. The molecule has 1 N–H and O–H groups in total. The van der Waals surface area contributed by atoms with Gasteiger partial charge in [-0.3, -0.25) is 10.1 Å². The van der Waals surface area contributed by atoms with Gasteiger partial charge in [0.25, 0.3) is 0 Å². The molecule has 0 atom stereocenters. The van der Waals surface area contributed by atoms with Crippen LogP contribution in [0.5, 0.6) is 5.75 Å². The van der Waals surface area contributed by atoms with Crippen LogP contribution in [0.15, 0.2) is 6.07 Å². The number of aromatic hydroxyl groups is 1. The first-order valence-corrected chi connectivity index (χ1v) is 4.09. The van der Waals surface area contributed by atoms with Gasteiger partial charge in [-0.2, -0.15) is 0 Å². The average molecular weight is 265 g/mol. The number of hydrogen-bond donors (Lipinski definition) is 1. The number of rotatable bonds is 1. The fourth-order valence-electron chi connectivity index (χ4n) is 0.740. The van der Waals surface area contributed by atoms with Crippen molar-refractivity contribution in [1.29, 1.82) is 0 Å². The van der Waals surface area contributed by atoms with Crippen LogP contribution in [0.2, 0.25) is 15.1 Å². The van der Waals surface area contributed by atoms with Crippen LogP contribution in [-0.2, 0) is 0 Å². The number of benzene rings is 1. The summed E-state index contributed by atoms with van der Waals surface area (Å²) < 4.78 is 0. The first-order valence-electron chi connectivity index (χ1n) is 2.96. The van der Waals surface area contributed by atoms with Crippen LogP contribution in [0.4, 0.5) is 5.69 Å². The standard InChI is InChI=1S/C6H2Cl3NO3.Na/c7-2-1-3(8)6(11)5(4(2)9)10(12)13;/h1,11H;/q;+1. The van der Waals surface area contributed by atoms with Crippen molar-refractivity contribution in [3.8, 4) is 5.75 Å². The van der Waals surface area contributed by atoms with Crippen molar-refractivity contribution in [3.63, 3.8) is 0 Å².